The van der Waals surface area contributed by atoms with Gasteiger partial charge in [0.05, 0.1) is 20.1 Å². The fourth-order valence-corrected chi connectivity index (χ4v) is 4.60. The molecule has 0 bridgehead atoms. The largest absolute Gasteiger partial charge is 0.497 e. The van der Waals surface area contributed by atoms with Crippen molar-refractivity contribution in [3.63, 3.8) is 0 Å². The van der Waals surface area contributed by atoms with Gasteiger partial charge in [-0.25, -0.2) is 0 Å². The summed E-state index contributed by atoms with van der Waals surface area (Å²) >= 11 is 0. The van der Waals surface area contributed by atoms with Crippen LogP contribution in [0.3, 0.4) is 0 Å². The predicted molar refractivity (Wildman–Crippen MR) is 161 cm³/mol. The number of hydrogen-bond donors (Lipinski definition) is 1. The van der Waals surface area contributed by atoms with E-state index >= 15 is 0 Å². The second-order valence-corrected chi connectivity index (χ2v) is 9.58. The number of ether oxygens (including phenoxy) is 2. The van der Waals surface area contributed by atoms with Crippen molar-refractivity contribution in [2.75, 3.05) is 26.8 Å². The van der Waals surface area contributed by atoms with Crippen LogP contribution in [0.15, 0.2) is 97.3 Å². The predicted octanol–water partition coefficient (Wildman–Crippen LogP) is 5.33. The van der Waals surface area contributed by atoms with Crippen LogP contribution in [-0.2, 0) is 22.5 Å². The highest BCUT2D eigenvalue weighted by molar-refractivity contribution is 6.06. The van der Waals surface area contributed by atoms with E-state index < -0.39 is 0 Å². The summed E-state index contributed by atoms with van der Waals surface area (Å²) in [5, 5.41) is 2.95. The van der Waals surface area contributed by atoms with E-state index in [1.807, 2.05) is 60.7 Å². The van der Waals surface area contributed by atoms with Crippen LogP contribution in [0, 0.1) is 0 Å². The average Bonchev–Trinajstić information content (AvgIpc) is 3.04. The molecule has 0 unspecified atom stereocenters. The van der Waals surface area contributed by atoms with Crippen molar-refractivity contribution in [2.24, 2.45) is 0 Å². The number of pyridine rings is 1. The molecule has 0 saturated carbocycles. The second-order valence-electron chi connectivity index (χ2n) is 9.58. The highest BCUT2D eigenvalue weighted by Crippen LogP contribution is 2.28. The van der Waals surface area contributed by atoms with E-state index in [0.29, 0.717) is 41.8 Å². The molecule has 1 heterocycles. The molecule has 1 N–H and O–H groups in total. The number of carbonyl (C=O) groups is 3. The molecule has 0 fully saturated rings. The van der Waals surface area contributed by atoms with Gasteiger partial charge in [-0.15, -0.1) is 0 Å². The van der Waals surface area contributed by atoms with Gasteiger partial charge in [-0.2, -0.15) is 0 Å². The van der Waals surface area contributed by atoms with Crippen LogP contribution >= 0.6 is 0 Å². The van der Waals surface area contributed by atoms with E-state index in [-0.39, 0.29) is 37.4 Å². The van der Waals surface area contributed by atoms with Crippen LogP contribution in [-0.4, -0.2) is 54.5 Å². The van der Waals surface area contributed by atoms with Crippen LogP contribution in [0.25, 0.3) is 11.1 Å². The van der Waals surface area contributed by atoms with Crippen molar-refractivity contribution in [1.29, 1.82) is 0 Å². The molecule has 0 saturated heterocycles. The topological polar surface area (TPSA) is 97.8 Å². The summed E-state index contributed by atoms with van der Waals surface area (Å²) in [7, 11) is 1.62. The van der Waals surface area contributed by atoms with Crippen molar-refractivity contribution in [3.8, 4) is 16.9 Å². The van der Waals surface area contributed by atoms with Gasteiger partial charge < -0.3 is 19.7 Å². The Hall–Kier alpha value is -4.98. The third-order valence-electron chi connectivity index (χ3n) is 6.80. The minimum absolute atomic E-state index is 0.0810. The lowest BCUT2D eigenvalue weighted by Crippen LogP contribution is -2.35. The van der Waals surface area contributed by atoms with Gasteiger partial charge in [-0.05, 0) is 65.9 Å². The SMILES string of the molecule is CCOC(=O)CCN(CCc1ccc(OC)cc1)C(=O)c1ccccc1-c1ccccc1C(=O)NCc1cccnc1. The Morgan fingerprint density at radius 1 is 0.810 bits per heavy atom. The fourth-order valence-electron chi connectivity index (χ4n) is 4.60. The van der Waals surface area contributed by atoms with Gasteiger partial charge in [-0.3, -0.25) is 19.4 Å². The zero-order chi connectivity index (χ0) is 29.7. The molecule has 0 radical (unpaired) electrons. The summed E-state index contributed by atoms with van der Waals surface area (Å²) < 4.78 is 10.4. The van der Waals surface area contributed by atoms with E-state index in [1.54, 1.807) is 55.6 Å². The molecule has 1 aromatic heterocycles. The minimum atomic E-state index is -0.358. The Labute approximate surface area is 246 Å². The Kier molecular flexibility index (Phi) is 10.8. The number of rotatable bonds is 13. The minimum Gasteiger partial charge on any atom is -0.497 e. The zero-order valence-electron chi connectivity index (χ0n) is 23.9. The molecule has 4 aromatic rings. The second kappa shape index (κ2) is 15.1. The molecule has 0 atom stereocenters. The standard InChI is InChI=1S/C34H35N3O5/c1-3-42-32(38)19-22-37(21-18-25-14-16-27(41-2)17-15-25)34(40)31-13-7-5-11-29(31)28-10-4-6-12-30(28)33(39)36-24-26-9-8-20-35-23-26/h4-17,20,23H,3,18-19,21-22,24H2,1-2H3,(H,36,39). The number of benzene rings is 3. The number of nitrogens with one attached hydrogen (secondary N) is 1. The summed E-state index contributed by atoms with van der Waals surface area (Å²) in [6.45, 7) is 2.96. The summed E-state index contributed by atoms with van der Waals surface area (Å²) in [4.78, 5) is 45.3. The maximum atomic E-state index is 14.1. The van der Waals surface area contributed by atoms with Crippen molar-refractivity contribution >= 4 is 17.8 Å². The molecule has 216 valence electrons. The molecular formula is C34H35N3O5. The number of nitrogens with zero attached hydrogens (tertiary/aromatic N) is 2. The smallest absolute Gasteiger partial charge is 0.307 e. The number of aromatic nitrogens is 1. The van der Waals surface area contributed by atoms with Gasteiger partial charge in [0, 0.05) is 43.2 Å². The summed E-state index contributed by atoms with van der Waals surface area (Å²) in [5.41, 5.74) is 4.11. The first-order valence-electron chi connectivity index (χ1n) is 13.9. The lowest BCUT2D eigenvalue weighted by Gasteiger charge is -2.24. The number of hydrogen-bond acceptors (Lipinski definition) is 6. The van der Waals surface area contributed by atoms with Crippen LogP contribution in [0.2, 0.25) is 0 Å². The quantitative estimate of drug-likeness (QED) is 0.220. The van der Waals surface area contributed by atoms with E-state index in [1.165, 1.54) is 0 Å². The van der Waals surface area contributed by atoms with Crippen molar-refractivity contribution in [3.05, 3.63) is 120 Å². The van der Waals surface area contributed by atoms with E-state index in [4.69, 9.17) is 9.47 Å². The van der Waals surface area contributed by atoms with Crippen molar-refractivity contribution < 1.29 is 23.9 Å². The number of carbonyl (C=O) groups excluding carboxylic acids is 3. The van der Waals surface area contributed by atoms with Crippen molar-refractivity contribution in [1.82, 2.24) is 15.2 Å². The number of amides is 2. The molecule has 8 nitrogen and oxygen atoms in total. The van der Waals surface area contributed by atoms with Gasteiger partial charge in [0.15, 0.2) is 0 Å². The fraction of sp³-hybridized carbons (Fsp3) is 0.235. The maximum absolute atomic E-state index is 14.1. The van der Waals surface area contributed by atoms with Gasteiger partial charge in [-0.1, -0.05) is 54.6 Å². The van der Waals surface area contributed by atoms with E-state index in [9.17, 15) is 14.4 Å². The molecule has 42 heavy (non-hydrogen) atoms. The Morgan fingerprint density at radius 3 is 2.17 bits per heavy atom. The number of esters is 1. The van der Waals surface area contributed by atoms with Gasteiger partial charge >= 0.3 is 5.97 Å². The Bertz CT molecular complexity index is 1490. The van der Waals surface area contributed by atoms with E-state index in [0.717, 1.165) is 16.9 Å². The van der Waals surface area contributed by atoms with Crippen LogP contribution in [0.5, 0.6) is 5.75 Å². The first-order valence-corrected chi connectivity index (χ1v) is 13.9. The zero-order valence-corrected chi connectivity index (χ0v) is 23.9. The molecule has 0 aliphatic rings. The third-order valence-corrected chi connectivity index (χ3v) is 6.80. The van der Waals surface area contributed by atoms with Crippen LogP contribution in [0.4, 0.5) is 0 Å². The molecule has 0 aliphatic carbocycles. The Balaban J connectivity index is 1.59. The lowest BCUT2D eigenvalue weighted by molar-refractivity contribution is -0.143. The first kappa shape index (κ1) is 30.0. The van der Waals surface area contributed by atoms with Gasteiger partial charge in [0.1, 0.15) is 5.75 Å². The monoisotopic (exact) mass is 565 g/mol. The normalized spacial score (nSPS) is 10.5. The van der Waals surface area contributed by atoms with Gasteiger partial charge in [0.25, 0.3) is 11.8 Å². The molecule has 4 rings (SSSR count). The van der Waals surface area contributed by atoms with Crippen LogP contribution in [0.1, 0.15) is 45.2 Å². The highest BCUT2D eigenvalue weighted by atomic mass is 16.5. The van der Waals surface area contributed by atoms with Gasteiger partial charge in [0.2, 0.25) is 0 Å². The molecule has 2 amide bonds. The highest BCUT2D eigenvalue weighted by Gasteiger charge is 2.23. The van der Waals surface area contributed by atoms with Crippen molar-refractivity contribution in [2.45, 2.75) is 26.3 Å². The maximum Gasteiger partial charge on any atom is 0.307 e. The number of methoxy groups -OCH3 is 1. The average molecular weight is 566 g/mol. The summed E-state index contributed by atoms with van der Waals surface area (Å²) in [6.07, 6.45) is 4.06. The molecule has 8 heteroatoms. The van der Waals surface area contributed by atoms with E-state index in [2.05, 4.69) is 10.3 Å². The Morgan fingerprint density at radius 2 is 1.50 bits per heavy atom. The molecular weight excluding hydrogens is 530 g/mol. The molecule has 0 spiro atoms. The van der Waals surface area contributed by atoms with Crippen LogP contribution < -0.4 is 10.1 Å². The summed E-state index contributed by atoms with van der Waals surface area (Å²) in [6, 6.07) is 25.9. The summed E-state index contributed by atoms with van der Waals surface area (Å²) in [5.74, 6) is -0.0842. The first-order chi connectivity index (χ1) is 20.5. The lowest BCUT2D eigenvalue weighted by atomic mass is 9.94. The third kappa shape index (κ3) is 8.04. The molecule has 0 aliphatic heterocycles. The molecule has 3 aromatic carbocycles.